The standard InChI is InChI=1S/C26H34N2O6/c1-4-5-6-14-34-24-17-21(10-11-22(24)32-2)28-13-7-12-27(26(28)31)18-20-9-8-19(16-25(29)30)15-23(20)33-3/h8-11,15,17H,4-7,12-14,16,18H2,1-3H3,(H,29,30). The summed E-state index contributed by atoms with van der Waals surface area (Å²) in [6.07, 6.45) is 3.93. The number of hydrogen-bond acceptors (Lipinski definition) is 5. The van der Waals surface area contributed by atoms with E-state index >= 15 is 0 Å². The SMILES string of the molecule is CCCCCOc1cc(N2CCCN(Cc3ccc(CC(=O)O)cc3OC)C2=O)ccc1OC. The molecule has 8 nitrogen and oxygen atoms in total. The fraction of sp³-hybridized carbons (Fsp3) is 0.462. The molecule has 2 amide bonds. The fourth-order valence-electron chi connectivity index (χ4n) is 4.06. The van der Waals surface area contributed by atoms with Crippen LogP contribution in [0, 0.1) is 0 Å². The first kappa shape index (κ1) is 25.2. The number of benzene rings is 2. The molecule has 0 bridgehead atoms. The van der Waals surface area contributed by atoms with Crippen LogP contribution in [0.1, 0.15) is 43.7 Å². The van der Waals surface area contributed by atoms with E-state index < -0.39 is 5.97 Å². The summed E-state index contributed by atoms with van der Waals surface area (Å²) in [4.78, 5) is 27.9. The second-order valence-electron chi connectivity index (χ2n) is 8.32. The molecule has 2 aromatic rings. The van der Waals surface area contributed by atoms with Crippen molar-refractivity contribution < 1.29 is 28.9 Å². The van der Waals surface area contributed by atoms with Crippen LogP contribution in [0.25, 0.3) is 0 Å². The van der Waals surface area contributed by atoms with Crippen molar-refractivity contribution in [1.29, 1.82) is 0 Å². The number of rotatable bonds is 12. The van der Waals surface area contributed by atoms with Crippen molar-refractivity contribution in [1.82, 2.24) is 4.90 Å². The normalized spacial score (nSPS) is 13.7. The third kappa shape index (κ3) is 6.34. The van der Waals surface area contributed by atoms with Gasteiger partial charge in [0.15, 0.2) is 11.5 Å². The molecule has 1 heterocycles. The van der Waals surface area contributed by atoms with Crippen LogP contribution in [0.5, 0.6) is 17.2 Å². The number of nitrogens with zero attached hydrogens (tertiary/aromatic N) is 2. The zero-order valence-corrected chi connectivity index (χ0v) is 20.2. The van der Waals surface area contributed by atoms with Crippen LogP contribution >= 0.6 is 0 Å². The van der Waals surface area contributed by atoms with E-state index in [9.17, 15) is 9.59 Å². The van der Waals surface area contributed by atoms with Crippen LogP contribution in [0.3, 0.4) is 0 Å². The molecule has 0 aromatic heterocycles. The Bertz CT molecular complexity index is 993. The number of amides is 2. The van der Waals surface area contributed by atoms with Crippen molar-refractivity contribution >= 4 is 17.7 Å². The van der Waals surface area contributed by atoms with E-state index in [4.69, 9.17) is 19.3 Å². The minimum atomic E-state index is -0.898. The quantitative estimate of drug-likeness (QED) is 0.451. The van der Waals surface area contributed by atoms with E-state index in [2.05, 4.69) is 6.92 Å². The highest BCUT2D eigenvalue weighted by molar-refractivity contribution is 5.93. The molecule has 1 saturated heterocycles. The van der Waals surface area contributed by atoms with Gasteiger partial charge in [-0.1, -0.05) is 31.9 Å². The Hall–Kier alpha value is -3.42. The molecule has 1 N–H and O–H groups in total. The fourth-order valence-corrected chi connectivity index (χ4v) is 4.06. The molecule has 3 rings (SSSR count). The number of carboxylic acid groups (broad SMARTS) is 1. The molecule has 8 heteroatoms. The Labute approximate surface area is 201 Å². The predicted octanol–water partition coefficient (Wildman–Crippen LogP) is 4.73. The van der Waals surface area contributed by atoms with Gasteiger partial charge in [-0.25, -0.2) is 4.79 Å². The number of methoxy groups -OCH3 is 2. The molecule has 0 spiro atoms. The van der Waals surface area contributed by atoms with Crippen molar-refractivity contribution in [2.45, 2.75) is 45.6 Å². The van der Waals surface area contributed by atoms with Crippen LogP contribution in [0.15, 0.2) is 36.4 Å². The molecule has 0 radical (unpaired) electrons. The molecule has 1 aliphatic heterocycles. The highest BCUT2D eigenvalue weighted by atomic mass is 16.5. The Kier molecular flexibility index (Phi) is 9.01. The number of anilines is 1. The van der Waals surface area contributed by atoms with Crippen molar-refractivity contribution in [2.75, 3.05) is 38.8 Å². The molecular formula is C26H34N2O6. The van der Waals surface area contributed by atoms with E-state index in [1.807, 2.05) is 24.3 Å². The van der Waals surface area contributed by atoms with Crippen molar-refractivity contribution in [3.05, 3.63) is 47.5 Å². The Morgan fingerprint density at radius 3 is 2.50 bits per heavy atom. The Morgan fingerprint density at radius 2 is 1.79 bits per heavy atom. The van der Waals surface area contributed by atoms with E-state index in [1.165, 1.54) is 0 Å². The van der Waals surface area contributed by atoms with Crippen LogP contribution in [-0.4, -0.2) is 55.9 Å². The van der Waals surface area contributed by atoms with Gasteiger partial charge in [0.1, 0.15) is 5.75 Å². The van der Waals surface area contributed by atoms with Crippen LogP contribution < -0.4 is 19.1 Å². The number of hydrogen-bond donors (Lipinski definition) is 1. The smallest absolute Gasteiger partial charge is 0.324 e. The largest absolute Gasteiger partial charge is 0.496 e. The molecule has 0 atom stereocenters. The lowest BCUT2D eigenvalue weighted by molar-refractivity contribution is -0.136. The van der Waals surface area contributed by atoms with Gasteiger partial charge in [0.2, 0.25) is 0 Å². The average molecular weight is 471 g/mol. The number of urea groups is 1. The minimum Gasteiger partial charge on any atom is -0.496 e. The van der Waals surface area contributed by atoms with Gasteiger partial charge in [-0.3, -0.25) is 9.69 Å². The van der Waals surface area contributed by atoms with Crippen molar-refractivity contribution in [2.24, 2.45) is 0 Å². The number of carboxylic acids is 1. The van der Waals surface area contributed by atoms with Gasteiger partial charge >= 0.3 is 12.0 Å². The Balaban J connectivity index is 1.75. The maximum Gasteiger partial charge on any atom is 0.324 e. The first-order valence-electron chi connectivity index (χ1n) is 11.7. The maximum absolute atomic E-state index is 13.4. The average Bonchev–Trinajstić information content (AvgIpc) is 2.83. The first-order valence-corrected chi connectivity index (χ1v) is 11.7. The van der Waals surface area contributed by atoms with E-state index in [-0.39, 0.29) is 12.5 Å². The summed E-state index contributed by atoms with van der Waals surface area (Å²) >= 11 is 0. The van der Waals surface area contributed by atoms with Gasteiger partial charge in [-0.15, -0.1) is 0 Å². The molecule has 0 aliphatic carbocycles. The first-order chi connectivity index (χ1) is 16.5. The second kappa shape index (κ2) is 12.2. The molecule has 0 saturated carbocycles. The molecule has 184 valence electrons. The van der Waals surface area contributed by atoms with E-state index in [1.54, 1.807) is 36.2 Å². The van der Waals surface area contributed by atoms with Gasteiger partial charge in [0, 0.05) is 30.4 Å². The molecule has 34 heavy (non-hydrogen) atoms. The van der Waals surface area contributed by atoms with Crippen molar-refractivity contribution in [3.63, 3.8) is 0 Å². The summed E-state index contributed by atoms with van der Waals surface area (Å²) in [5.41, 5.74) is 2.26. The summed E-state index contributed by atoms with van der Waals surface area (Å²) < 4.78 is 16.9. The topological polar surface area (TPSA) is 88.5 Å². The second-order valence-corrected chi connectivity index (χ2v) is 8.32. The lowest BCUT2D eigenvalue weighted by Gasteiger charge is -2.36. The summed E-state index contributed by atoms with van der Waals surface area (Å²) in [7, 11) is 3.16. The van der Waals surface area contributed by atoms with Crippen LogP contribution in [0.4, 0.5) is 10.5 Å². The molecular weight excluding hydrogens is 436 g/mol. The lowest BCUT2D eigenvalue weighted by Crippen LogP contribution is -2.49. The molecule has 1 fully saturated rings. The monoisotopic (exact) mass is 470 g/mol. The van der Waals surface area contributed by atoms with Crippen LogP contribution in [0.2, 0.25) is 0 Å². The van der Waals surface area contributed by atoms with Crippen LogP contribution in [-0.2, 0) is 17.8 Å². The van der Waals surface area contributed by atoms with Gasteiger partial charge in [0.05, 0.1) is 33.8 Å². The molecule has 0 unspecified atom stereocenters. The zero-order chi connectivity index (χ0) is 24.5. The maximum atomic E-state index is 13.4. The number of ether oxygens (including phenoxy) is 3. The van der Waals surface area contributed by atoms with Gasteiger partial charge in [0.25, 0.3) is 0 Å². The number of unbranched alkanes of at least 4 members (excludes halogenated alkanes) is 2. The Morgan fingerprint density at radius 1 is 1.00 bits per heavy atom. The lowest BCUT2D eigenvalue weighted by atomic mass is 10.1. The minimum absolute atomic E-state index is 0.0760. The van der Waals surface area contributed by atoms with E-state index in [0.717, 1.165) is 36.9 Å². The highest BCUT2D eigenvalue weighted by Gasteiger charge is 2.28. The van der Waals surface area contributed by atoms with Crippen molar-refractivity contribution in [3.8, 4) is 17.2 Å². The summed E-state index contributed by atoms with van der Waals surface area (Å²) in [5.74, 6) is 0.963. The highest BCUT2D eigenvalue weighted by Crippen LogP contribution is 2.34. The number of carbonyl (C=O) groups excluding carboxylic acids is 1. The number of aliphatic carboxylic acids is 1. The predicted molar refractivity (Wildman–Crippen MR) is 130 cm³/mol. The van der Waals surface area contributed by atoms with Gasteiger partial charge in [-0.05, 0) is 36.6 Å². The summed E-state index contributed by atoms with van der Waals surface area (Å²) in [6.45, 7) is 4.38. The third-order valence-corrected chi connectivity index (χ3v) is 5.84. The third-order valence-electron chi connectivity index (χ3n) is 5.84. The van der Waals surface area contributed by atoms with Gasteiger partial charge < -0.3 is 24.2 Å². The number of carbonyl (C=O) groups is 2. The summed E-state index contributed by atoms with van der Waals surface area (Å²) in [6, 6.07) is 10.8. The summed E-state index contributed by atoms with van der Waals surface area (Å²) in [5, 5.41) is 9.04. The van der Waals surface area contributed by atoms with E-state index in [0.29, 0.717) is 49.1 Å². The molecule has 1 aliphatic rings. The molecule has 2 aromatic carbocycles. The zero-order valence-electron chi connectivity index (χ0n) is 20.2. The van der Waals surface area contributed by atoms with Gasteiger partial charge in [-0.2, -0.15) is 0 Å².